The highest BCUT2D eigenvalue weighted by molar-refractivity contribution is 6.25. The quantitative estimate of drug-likeness (QED) is 0.172. The average molecular weight is 972 g/mol. The second kappa shape index (κ2) is 15.7. The van der Waals surface area contributed by atoms with Crippen LogP contribution in [0.4, 0.5) is 0 Å². The van der Waals surface area contributed by atoms with E-state index in [9.17, 15) is 0 Å². The first-order chi connectivity index (χ1) is 37.7. The van der Waals surface area contributed by atoms with Gasteiger partial charge in [0.05, 0.1) is 38.7 Å². The van der Waals surface area contributed by atoms with Crippen molar-refractivity contribution in [2.45, 2.75) is 12.8 Å². The van der Waals surface area contributed by atoms with Gasteiger partial charge in [-0.15, -0.1) is 0 Å². The minimum Gasteiger partial charge on any atom is -0.456 e. The van der Waals surface area contributed by atoms with Crippen molar-refractivity contribution >= 4 is 114 Å². The van der Waals surface area contributed by atoms with Crippen LogP contribution < -0.4 is 0 Å². The van der Waals surface area contributed by atoms with E-state index in [1.807, 2.05) is 12.1 Å². The zero-order valence-electron chi connectivity index (χ0n) is 40.8. The molecule has 0 spiro atoms. The Balaban J connectivity index is 1.00. The number of rotatable bonds is 5. The van der Waals surface area contributed by atoms with Gasteiger partial charge in [-0.2, -0.15) is 0 Å². The third kappa shape index (κ3) is 5.90. The molecule has 354 valence electrons. The molecule has 0 N–H and O–H groups in total. The maximum absolute atomic E-state index is 7.21. The molecule has 0 fully saturated rings. The van der Waals surface area contributed by atoms with Crippen molar-refractivity contribution in [1.29, 1.82) is 0 Å². The van der Waals surface area contributed by atoms with Crippen LogP contribution in [0.1, 0.15) is 23.6 Å². The number of para-hydroxylation sites is 4. The Kier molecular flexibility index (Phi) is 8.55. The molecule has 17 rings (SSSR count). The fraction of sp³-hybridized carbons (Fsp3) is 0.0290. The molecular formula is C69H41N5O2. The summed E-state index contributed by atoms with van der Waals surface area (Å²) in [6.45, 7) is 0. The van der Waals surface area contributed by atoms with E-state index in [1.165, 1.54) is 37.9 Å². The van der Waals surface area contributed by atoms with E-state index in [0.717, 1.165) is 123 Å². The maximum Gasteiger partial charge on any atom is 0.167 e. The van der Waals surface area contributed by atoms with Gasteiger partial charge < -0.3 is 18.0 Å². The minimum atomic E-state index is 0.522. The van der Waals surface area contributed by atoms with E-state index in [0.29, 0.717) is 17.5 Å². The molecule has 0 bridgehead atoms. The number of aryl methyl sites for hydroxylation is 1. The second-order valence-electron chi connectivity index (χ2n) is 20.1. The first kappa shape index (κ1) is 41.4. The van der Waals surface area contributed by atoms with Crippen LogP contribution in [0.2, 0.25) is 0 Å². The van der Waals surface area contributed by atoms with E-state index in [4.69, 9.17) is 23.8 Å². The summed E-state index contributed by atoms with van der Waals surface area (Å²) < 4.78 is 18.8. The molecule has 0 aliphatic heterocycles. The molecule has 0 unspecified atom stereocenters. The summed E-state index contributed by atoms with van der Waals surface area (Å²) in [6.07, 6.45) is 3.92. The third-order valence-electron chi connectivity index (χ3n) is 16.0. The topological polar surface area (TPSA) is 74.8 Å². The Labute approximate surface area is 433 Å². The smallest absolute Gasteiger partial charge is 0.167 e. The van der Waals surface area contributed by atoms with Crippen molar-refractivity contribution in [3.8, 4) is 34.2 Å². The summed E-state index contributed by atoms with van der Waals surface area (Å²) in [6, 6.07) is 77.9. The fourth-order valence-electron chi connectivity index (χ4n) is 12.7. The van der Waals surface area contributed by atoms with Gasteiger partial charge in [-0.25, -0.2) is 15.0 Å². The van der Waals surface area contributed by atoms with Gasteiger partial charge in [0.2, 0.25) is 0 Å². The molecule has 1 aliphatic rings. The lowest BCUT2D eigenvalue weighted by atomic mass is 9.95. The minimum absolute atomic E-state index is 0.522. The van der Waals surface area contributed by atoms with Gasteiger partial charge in [-0.3, -0.25) is 0 Å². The molecule has 5 heterocycles. The van der Waals surface area contributed by atoms with Crippen LogP contribution >= 0.6 is 0 Å². The van der Waals surface area contributed by atoms with Gasteiger partial charge in [0.1, 0.15) is 22.5 Å². The van der Waals surface area contributed by atoms with E-state index in [-0.39, 0.29) is 0 Å². The largest absolute Gasteiger partial charge is 0.456 e. The van der Waals surface area contributed by atoms with E-state index in [1.54, 1.807) is 0 Å². The third-order valence-corrected chi connectivity index (χ3v) is 16.0. The summed E-state index contributed by atoms with van der Waals surface area (Å²) in [5.74, 6) is 2.43. The van der Waals surface area contributed by atoms with Crippen LogP contribution in [0.15, 0.2) is 233 Å². The van der Waals surface area contributed by atoms with Gasteiger partial charge in [0.15, 0.2) is 17.5 Å². The number of fused-ring (bicyclic) bond motifs is 17. The Hall–Kier alpha value is -10.1. The summed E-state index contributed by atoms with van der Waals surface area (Å²) in [5, 5.41) is 14.7. The molecule has 76 heavy (non-hydrogen) atoms. The Morgan fingerprint density at radius 2 is 1.08 bits per heavy atom. The lowest BCUT2D eigenvalue weighted by Crippen LogP contribution is -2.07. The summed E-state index contributed by atoms with van der Waals surface area (Å²) in [7, 11) is 0. The molecule has 11 aromatic carbocycles. The monoisotopic (exact) mass is 971 g/mol. The predicted octanol–water partition coefficient (Wildman–Crippen LogP) is 17.9. The second-order valence-corrected chi connectivity index (χ2v) is 20.1. The van der Waals surface area contributed by atoms with E-state index >= 15 is 0 Å². The number of aromatic nitrogens is 5. The summed E-state index contributed by atoms with van der Waals surface area (Å²) >= 11 is 0. The Morgan fingerprint density at radius 1 is 0.395 bits per heavy atom. The van der Waals surface area contributed by atoms with Crippen molar-refractivity contribution in [3.05, 3.63) is 242 Å². The molecule has 1 aliphatic carbocycles. The van der Waals surface area contributed by atoms with Gasteiger partial charge >= 0.3 is 0 Å². The Bertz CT molecular complexity index is 5190. The number of hydrogen-bond acceptors (Lipinski definition) is 5. The lowest BCUT2D eigenvalue weighted by Gasteiger charge is -2.16. The molecule has 5 aromatic heterocycles. The molecule has 0 saturated carbocycles. The summed E-state index contributed by atoms with van der Waals surface area (Å²) in [5.41, 5.74) is 12.5. The van der Waals surface area contributed by atoms with Crippen LogP contribution in [0.5, 0.6) is 0 Å². The van der Waals surface area contributed by atoms with Crippen LogP contribution in [-0.2, 0) is 6.42 Å². The molecule has 0 radical (unpaired) electrons. The number of allylic oxidation sites excluding steroid dienone is 1. The lowest BCUT2D eigenvalue weighted by molar-refractivity contribution is 0.590. The maximum atomic E-state index is 7.21. The van der Waals surface area contributed by atoms with Crippen LogP contribution in [0, 0.1) is 0 Å². The summed E-state index contributed by atoms with van der Waals surface area (Å²) in [4.78, 5) is 16.7. The molecule has 7 heteroatoms. The number of benzene rings is 11. The zero-order valence-corrected chi connectivity index (χ0v) is 40.8. The molecule has 0 atom stereocenters. The first-order valence-corrected chi connectivity index (χ1v) is 26.0. The van der Waals surface area contributed by atoms with Crippen LogP contribution in [0.3, 0.4) is 0 Å². The normalized spacial score (nSPS) is 13.0. The van der Waals surface area contributed by atoms with Gasteiger partial charge in [-0.1, -0.05) is 158 Å². The van der Waals surface area contributed by atoms with E-state index in [2.05, 4.69) is 221 Å². The Morgan fingerprint density at radius 3 is 1.95 bits per heavy atom. The van der Waals surface area contributed by atoms with Gasteiger partial charge in [0, 0.05) is 60.1 Å². The number of nitrogens with zero attached hydrogens (tertiary/aromatic N) is 5. The predicted molar refractivity (Wildman–Crippen MR) is 311 cm³/mol. The van der Waals surface area contributed by atoms with Crippen LogP contribution in [-0.4, -0.2) is 24.1 Å². The average Bonchev–Trinajstić information content (AvgIpc) is 4.42. The first-order valence-electron chi connectivity index (χ1n) is 26.0. The van der Waals surface area contributed by atoms with Crippen molar-refractivity contribution in [2.24, 2.45) is 0 Å². The van der Waals surface area contributed by atoms with Gasteiger partial charge in [-0.05, 0) is 107 Å². The van der Waals surface area contributed by atoms with Crippen LogP contribution in [0.25, 0.3) is 149 Å². The zero-order chi connectivity index (χ0) is 49.6. The van der Waals surface area contributed by atoms with Crippen molar-refractivity contribution in [3.63, 3.8) is 0 Å². The molecular weight excluding hydrogens is 931 g/mol. The highest BCUT2D eigenvalue weighted by Crippen LogP contribution is 2.46. The molecule has 7 nitrogen and oxygen atoms in total. The number of furan rings is 2. The van der Waals surface area contributed by atoms with Crippen molar-refractivity contribution < 1.29 is 8.83 Å². The van der Waals surface area contributed by atoms with Gasteiger partial charge in [0.25, 0.3) is 0 Å². The van der Waals surface area contributed by atoms with E-state index < -0.39 is 0 Å². The standard InChI is InChI=1S/C69H41N5O2/c1-2-20-45(21-3-1)73-56-30-12-10-24-48(56)50-26-14-28-53(64(50)73)68-70-67(71-69(72-68)54-29-15-27-51-49-25-11-13-31-60(49)75-66(51)54)44-38-59(63-52-34-32-41-17-7-9-23-47(41)65(52)76-61(63)39-44)74-57-35-33-40-16-6-8-22-46(40)62(57)55-36-42-18-4-5-19-43(42)37-58(55)74/h1-14,16-26,28-39H,15,27H2. The SMILES string of the molecule is C1=C(c2nc(-c3cc(-n4c5cc6ccccc6cc5c5c6ccccc6ccc54)c4c(c3)oc3c5ccccc5ccc34)nc(-c3cccc4c5ccccc5n(-c5ccccc5)c34)n2)c2oc3ccccc3c2CC1. The fourth-order valence-corrected chi connectivity index (χ4v) is 12.7. The highest BCUT2D eigenvalue weighted by atomic mass is 16.3. The van der Waals surface area contributed by atoms with Crippen molar-refractivity contribution in [2.75, 3.05) is 0 Å². The molecule has 0 amide bonds. The van der Waals surface area contributed by atoms with Crippen molar-refractivity contribution in [1.82, 2.24) is 24.1 Å². The number of hydrogen-bond donors (Lipinski definition) is 0. The molecule has 0 saturated heterocycles. The highest BCUT2D eigenvalue weighted by Gasteiger charge is 2.28. The molecule has 16 aromatic rings.